The molecule has 3 amide bonds. The normalized spacial score (nSPS) is 22.1. The van der Waals surface area contributed by atoms with Crippen LogP contribution < -0.4 is 10.6 Å². The first-order valence-electron chi connectivity index (χ1n) is 12.1. The molecule has 1 saturated carbocycles. The number of fused-ring (bicyclic) bond motifs is 2. The molecule has 37 heavy (non-hydrogen) atoms. The number of hydrogen-bond donors (Lipinski definition) is 2. The van der Waals surface area contributed by atoms with Crippen LogP contribution in [-0.4, -0.2) is 49.0 Å². The number of amides is 3. The molecule has 0 spiro atoms. The Kier molecular flexibility index (Phi) is 5.25. The molecule has 6 rings (SSSR count). The second kappa shape index (κ2) is 8.29. The number of hydrogen-bond acceptors (Lipinski definition) is 5. The zero-order chi connectivity index (χ0) is 26.1. The Morgan fingerprint density at radius 1 is 1.14 bits per heavy atom. The number of nitrogens with one attached hydrogen (secondary N) is 2. The molecule has 2 aliphatic rings. The second-order valence-electron chi connectivity index (χ2n) is 10.0. The van der Waals surface area contributed by atoms with Gasteiger partial charge in [0.25, 0.3) is 0 Å². The van der Waals surface area contributed by atoms with Crippen molar-refractivity contribution in [3.05, 3.63) is 59.2 Å². The summed E-state index contributed by atoms with van der Waals surface area (Å²) in [6.07, 6.45) is -0.259. The van der Waals surface area contributed by atoms with Gasteiger partial charge in [-0.2, -0.15) is 23.4 Å². The minimum absolute atomic E-state index is 0.0118. The van der Waals surface area contributed by atoms with Gasteiger partial charge in [0.05, 0.1) is 22.8 Å². The number of benzene rings is 1. The van der Waals surface area contributed by atoms with Crippen LogP contribution in [-0.2, 0) is 11.3 Å². The van der Waals surface area contributed by atoms with Crippen LogP contribution >= 0.6 is 0 Å². The molecule has 12 heteroatoms. The molecule has 1 aliphatic carbocycles. The van der Waals surface area contributed by atoms with E-state index in [1.807, 2.05) is 38.1 Å². The highest BCUT2D eigenvalue weighted by molar-refractivity contribution is 6.00. The SMILES string of the molecule is CC(C)c1nn(CC(F)(F)F)c2cc([C@H]3C[C@@H]3c3cc(C4CNC(=O)NC4=O)nn4ccnc34)ccc12. The van der Waals surface area contributed by atoms with Crippen LogP contribution in [0.3, 0.4) is 0 Å². The molecule has 3 atom stereocenters. The Bertz CT molecular complexity index is 1560. The summed E-state index contributed by atoms with van der Waals surface area (Å²) < 4.78 is 42.5. The van der Waals surface area contributed by atoms with Crippen molar-refractivity contribution < 1.29 is 22.8 Å². The molecule has 2 fully saturated rings. The molecule has 1 aromatic carbocycles. The van der Waals surface area contributed by atoms with Crippen molar-refractivity contribution in [2.24, 2.45) is 0 Å². The Morgan fingerprint density at radius 3 is 2.68 bits per heavy atom. The smallest absolute Gasteiger partial charge is 0.337 e. The predicted molar refractivity (Wildman–Crippen MR) is 127 cm³/mol. The maximum atomic E-state index is 13.3. The summed E-state index contributed by atoms with van der Waals surface area (Å²) in [6, 6.07) is 6.98. The third kappa shape index (κ3) is 4.19. The molecule has 2 N–H and O–H groups in total. The van der Waals surface area contributed by atoms with E-state index in [4.69, 9.17) is 0 Å². The van der Waals surface area contributed by atoms with Crippen molar-refractivity contribution in [2.45, 2.75) is 56.7 Å². The molecule has 3 aromatic heterocycles. The number of urea groups is 1. The maximum absolute atomic E-state index is 13.3. The van der Waals surface area contributed by atoms with E-state index in [-0.39, 0.29) is 24.3 Å². The monoisotopic (exact) mass is 511 g/mol. The summed E-state index contributed by atoms with van der Waals surface area (Å²) >= 11 is 0. The number of carbonyl (C=O) groups excluding carboxylic acids is 2. The lowest BCUT2D eigenvalue weighted by atomic mass is 9.98. The van der Waals surface area contributed by atoms with Gasteiger partial charge in [-0.25, -0.2) is 14.3 Å². The van der Waals surface area contributed by atoms with E-state index < -0.39 is 30.6 Å². The molecule has 192 valence electrons. The molecule has 1 saturated heterocycles. The topological polar surface area (TPSA) is 106 Å². The van der Waals surface area contributed by atoms with Crippen molar-refractivity contribution in [1.29, 1.82) is 0 Å². The van der Waals surface area contributed by atoms with Gasteiger partial charge in [0.1, 0.15) is 6.54 Å². The van der Waals surface area contributed by atoms with E-state index in [0.29, 0.717) is 22.6 Å². The summed E-state index contributed by atoms with van der Waals surface area (Å²) in [4.78, 5) is 28.4. The largest absolute Gasteiger partial charge is 0.408 e. The number of halogens is 3. The van der Waals surface area contributed by atoms with Gasteiger partial charge in [-0.15, -0.1) is 0 Å². The average Bonchev–Trinajstić information content (AvgIpc) is 3.33. The van der Waals surface area contributed by atoms with Crippen molar-refractivity contribution in [2.75, 3.05) is 6.54 Å². The van der Waals surface area contributed by atoms with E-state index >= 15 is 0 Å². The van der Waals surface area contributed by atoms with Crippen molar-refractivity contribution in [3.8, 4) is 0 Å². The fraction of sp³-hybridized carbons (Fsp3) is 0.400. The molecule has 0 bridgehead atoms. The van der Waals surface area contributed by atoms with Crippen LogP contribution in [0.4, 0.5) is 18.0 Å². The van der Waals surface area contributed by atoms with E-state index in [2.05, 4.69) is 25.8 Å². The van der Waals surface area contributed by atoms with Gasteiger partial charge < -0.3 is 5.32 Å². The Balaban J connectivity index is 1.36. The summed E-state index contributed by atoms with van der Waals surface area (Å²) in [7, 11) is 0. The molecule has 9 nitrogen and oxygen atoms in total. The minimum atomic E-state index is -4.38. The van der Waals surface area contributed by atoms with E-state index in [1.165, 1.54) is 0 Å². The lowest BCUT2D eigenvalue weighted by Crippen LogP contribution is -2.51. The fourth-order valence-corrected chi connectivity index (χ4v) is 5.25. The first-order valence-corrected chi connectivity index (χ1v) is 12.1. The van der Waals surface area contributed by atoms with Gasteiger partial charge in [-0.1, -0.05) is 26.0 Å². The summed E-state index contributed by atoms with van der Waals surface area (Å²) in [5.41, 5.74) is 4.15. The molecule has 4 aromatic rings. The molecular formula is C25H24F3N7O2. The predicted octanol–water partition coefficient (Wildman–Crippen LogP) is 3.96. The van der Waals surface area contributed by atoms with Crippen LogP contribution in [0.15, 0.2) is 36.7 Å². The first-order chi connectivity index (χ1) is 17.6. The summed E-state index contributed by atoms with van der Waals surface area (Å²) in [6.45, 7) is 2.83. The van der Waals surface area contributed by atoms with Crippen LogP contribution in [0.2, 0.25) is 0 Å². The quantitative estimate of drug-likeness (QED) is 0.422. The molecule has 4 heterocycles. The minimum Gasteiger partial charge on any atom is -0.337 e. The van der Waals surface area contributed by atoms with Gasteiger partial charge in [0, 0.05) is 29.9 Å². The van der Waals surface area contributed by atoms with Gasteiger partial charge in [0.2, 0.25) is 5.91 Å². The third-order valence-corrected chi connectivity index (χ3v) is 7.08. The average molecular weight is 512 g/mol. The highest BCUT2D eigenvalue weighted by Gasteiger charge is 2.42. The van der Waals surface area contributed by atoms with Gasteiger partial charge in [-0.05, 0) is 41.9 Å². The van der Waals surface area contributed by atoms with Crippen LogP contribution in [0.25, 0.3) is 16.6 Å². The number of nitrogens with zero attached hydrogens (tertiary/aromatic N) is 5. The van der Waals surface area contributed by atoms with E-state index in [1.54, 1.807) is 16.9 Å². The van der Waals surface area contributed by atoms with E-state index in [9.17, 15) is 22.8 Å². The van der Waals surface area contributed by atoms with Crippen molar-refractivity contribution in [1.82, 2.24) is 35.0 Å². The number of imidazole rings is 1. The Hall–Kier alpha value is -3.96. The van der Waals surface area contributed by atoms with Crippen molar-refractivity contribution in [3.63, 3.8) is 0 Å². The highest BCUT2D eigenvalue weighted by atomic mass is 19.4. The molecule has 1 aliphatic heterocycles. The van der Waals surface area contributed by atoms with Gasteiger partial charge in [0.15, 0.2) is 5.65 Å². The van der Waals surface area contributed by atoms with E-state index in [0.717, 1.165) is 27.6 Å². The standard InChI is InChI=1S/C25H24F3N7O2/c1-12(2)21-14-4-3-13(7-20(14)35(33-21)11-25(26,27)28)15-8-16(15)17-9-19(32-34-6-5-29-22(17)34)18-10-30-24(37)31-23(18)36/h3-7,9,12,15-16,18H,8,10-11H2,1-2H3,(H2,30,31,36,37)/t15-,16+,18?/m1/s1. The maximum Gasteiger partial charge on any atom is 0.408 e. The molecular weight excluding hydrogens is 487 g/mol. The Labute approximate surface area is 209 Å². The zero-order valence-corrected chi connectivity index (χ0v) is 20.1. The highest BCUT2D eigenvalue weighted by Crippen LogP contribution is 2.56. The van der Waals surface area contributed by atoms with Gasteiger partial charge >= 0.3 is 12.2 Å². The number of alkyl halides is 3. The Morgan fingerprint density at radius 2 is 1.95 bits per heavy atom. The molecule has 0 radical (unpaired) electrons. The summed E-state index contributed by atoms with van der Waals surface area (Å²) in [5.74, 6) is -0.922. The number of aromatic nitrogens is 5. The van der Waals surface area contributed by atoms with Crippen LogP contribution in [0.5, 0.6) is 0 Å². The molecule has 1 unspecified atom stereocenters. The lowest BCUT2D eigenvalue weighted by molar-refractivity contribution is -0.141. The van der Waals surface area contributed by atoms with Crippen molar-refractivity contribution >= 4 is 28.5 Å². The zero-order valence-electron chi connectivity index (χ0n) is 20.1. The number of rotatable bonds is 5. The summed E-state index contributed by atoms with van der Waals surface area (Å²) in [5, 5.41) is 14.5. The lowest BCUT2D eigenvalue weighted by Gasteiger charge is -2.22. The second-order valence-corrected chi connectivity index (χ2v) is 10.0. The fourth-order valence-electron chi connectivity index (χ4n) is 5.25. The first kappa shape index (κ1) is 23.4. The third-order valence-electron chi connectivity index (χ3n) is 7.08. The van der Waals surface area contributed by atoms with Gasteiger partial charge in [-0.3, -0.25) is 14.8 Å². The number of imide groups is 1. The van der Waals surface area contributed by atoms with Crippen LogP contribution in [0.1, 0.15) is 66.5 Å². The van der Waals surface area contributed by atoms with Crippen LogP contribution in [0, 0.1) is 0 Å². The number of carbonyl (C=O) groups is 2.